The van der Waals surface area contributed by atoms with Crippen LogP contribution in [0.3, 0.4) is 0 Å². The molecule has 3 aromatic rings. The van der Waals surface area contributed by atoms with Crippen molar-refractivity contribution in [1.29, 1.82) is 0 Å². The van der Waals surface area contributed by atoms with Crippen molar-refractivity contribution in [3.8, 4) is 5.69 Å². The molecule has 3 rings (SSSR count). The summed E-state index contributed by atoms with van der Waals surface area (Å²) < 4.78 is 2.81. The van der Waals surface area contributed by atoms with E-state index in [0.717, 1.165) is 26.8 Å². The number of aromatic nitrogens is 2. The highest BCUT2D eigenvalue weighted by molar-refractivity contribution is 9.10. The van der Waals surface area contributed by atoms with Crippen LogP contribution in [-0.4, -0.2) is 9.55 Å². The van der Waals surface area contributed by atoms with Gasteiger partial charge in [-0.15, -0.1) is 0 Å². The largest absolute Gasteiger partial charge is 0.369 e. The Hall–Kier alpha value is -1.52. The molecule has 5 heteroatoms. The zero-order valence-electron chi connectivity index (χ0n) is 10.2. The van der Waals surface area contributed by atoms with Gasteiger partial charge in [0.2, 0.25) is 5.95 Å². The van der Waals surface area contributed by atoms with E-state index in [1.807, 2.05) is 47.9 Å². The number of nitrogen functional groups attached to an aromatic ring is 1. The number of aryl methyl sites for hydroxylation is 1. The number of imidazole rings is 1. The minimum absolute atomic E-state index is 0.448. The summed E-state index contributed by atoms with van der Waals surface area (Å²) in [7, 11) is 0. The first-order valence-corrected chi connectivity index (χ1v) is 6.93. The lowest BCUT2D eigenvalue weighted by Gasteiger charge is -2.09. The fourth-order valence-electron chi connectivity index (χ4n) is 2.12. The Morgan fingerprint density at radius 1 is 1.21 bits per heavy atom. The van der Waals surface area contributed by atoms with Gasteiger partial charge in [0.1, 0.15) is 0 Å². The molecule has 0 amide bonds. The highest BCUT2D eigenvalue weighted by atomic mass is 79.9. The fourth-order valence-corrected chi connectivity index (χ4v) is 2.71. The minimum atomic E-state index is 0.448. The van der Waals surface area contributed by atoms with E-state index in [1.165, 1.54) is 0 Å². The quantitative estimate of drug-likeness (QED) is 0.718. The molecule has 0 atom stereocenters. The maximum absolute atomic E-state index is 6.07. The molecule has 1 heterocycles. The molecule has 0 aliphatic carbocycles. The summed E-state index contributed by atoms with van der Waals surface area (Å²) in [5.74, 6) is 0.448. The second-order valence-corrected chi connectivity index (χ2v) is 5.68. The number of halogens is 2. The maximum atomic E-state index is 6.07. The van der Waals surface area contributed by atoms with Gasteiger partial charge in [0, 0.05) is 9.50 Å². The molecule has 0 unspecified atom stereocenters. The monoisotopic (exact) mass is 335 g/mol. The Morgan fingerprint density at radius 3 is 2.79 bits per heavy atom. The molecule has 0 bridgehead atoms. The topological polar surface area (TPSA) is 43.8 Å². The molecular formula is C14H11BrClN3. The summed E-state index contributed by atoms with van der Waals surface area (Å²) in [6, 6.07) is 11.7. The van der Waals surface area contributed by atoms with Gasteiger partial charge in [-0.3, -0.25) is 4.57 Å². The van der Waals surface area contributed by atoms with Gasteiger partial charge in [-0.1, -0.05) is 17.7 Å². The second-order valence-electron chi connectivity index (χ2n) is 4.39. The van der Waals surface area contributed by atoms with Crippen molar-refractivity contribution in [2.75, 3.05) is 5.73 Å². The summed E-state index contributed by atoms with van der Waals surface area (Å²) in [5, 5.41) is 0.659. The van der Waals surface area contributed by atoms with Crippen molar-refractivity contribution in [3.63, 3.8) is 0 Å². The van der Waals surface area contributed by atoms with Gasteiger partial charge >= 0.3 is 0 Å². The Labute approximate surface area is 124 Å². The van der Waals surface area contributed by atoms with Gasteiger partial charge in [0.05, 0.1) is 16.7 Å². The lowest BCUT2D eigenvalue weighted by atomic mass is 10.2. The van der Waals surface area contributed by atoms with Crippen molar-refractivity contribution < 1.29 is 0 Å². The van der Waals surface area contributed by atoms with Crippen LogP contribution >= 0.6 is 27.5 Å². The Kier molecular flexibility index (Phi) is 2.99. The molecule has 0 radical (unpaired) electrons. The van der Waals surface area contributed by atoms with Crippen LogP contribution in [-0.2, 0) is 0 Å². The standard InChI is InChI=1S/C14H11BrClN3/c1-8-2-5-12-11(6-8)18-14(17)19(12)13-7-9(16)3-4-10(13)15/h2-7H,1H3,(H2,17,18). The first-order valence-electron chi connectivity index (χ1n) is 5.76. The van der Waals surface area contributed by atoms with Crippen LogP contribution in [0, 0.1) is 6.92 Å². The molecular weight excluding hydrogens is 326 g/mol. The molecule has 19 heavy (non-hydrogen) atoms. The number of nitrogens with zero attached hydrogens (tertiary/aromatic N) is 2. The van der Waals surface area contributed by atoms with Gasteiger partial charge < -0.3 is 5.73 Å². The molecule has 0 fully saturated rings. The third kappa shape index (κ3) is 2.11. The smallest absolute Gasteiger partial charge is 0.205 e. The number of hydrogen-bond acceptors (Lipinski definition) is 2. The van der Waals surface area contributed by atoms with Gasteiger partial charge in [-0.05, 0) is 58.7 Å². The highest BCUT2D eigenvalue weighted by Crippen LogP contribution is 2.30. The average molecular weight is 337 g/mol. The fraction of sp³-hybridized carbons (Fsp3) is 0.0714. The molecule has 2 aromatic carbocycles. The molecule has 3 nitrogen and oxygen atoms in total. The lowest BCUT2D eigenvalue weighted by Crippen LogP contribution is -2.01. The SMILES string of the molecule is Cc1ccc2c(c1)nc(N)n2-c1cc(Cl)ccc1Br. The molecule has 2 N–H and O–H groups in total. The van der Waals surface area contributed by atoms with E-state index < -0.39 is 0 Å². The van der Waals surface area contributed by atoms with E-state index in [1.54, 1.807) is 0 Å². The molecule has 0 spiro atoms. The summed E-state index contributed by atoms with van der Waals surface area (Å²) >= 11 is 9.59. The van der Waals surface area contributed by atoms with Crippen molar-refractivity contribution in [2.24, 2.45) is 0 Å². The molecule has 0 saturated carbocycles. The molecule has 96 valence electrons. The van der Waals surface area contributed by atoms with Crippen LogP contribution < -0.4 is 5.73 Å². The van der Waals surface area contributed by atoms with Crippen LogP contribution in [0.25, 0.3) is 16.7 Å². The van der Waals surface area contributed by atoms with Gasteiger partial charge in [-0.2, -0.15) is 0 Å². The van der Waals surface area contributed by atoms with E-state index in [0.29, 0.717) is 11.0 Å². The summed E-state index contributed by atoms with van der Waals surface area (Å²) in [4.78, 5) is 4.40. The van der Waals surface area contributed by atoms with E-state index in [4.69, 9.17) is 17.3 Å². The first-order chi connectivity index (χ1) is 9.06. The van der Waals surface area contributed by atoms with E-state index in [2.05, 4.69) is 20.9 Å². The van der Waals surface area contributed by atoms with Gasteiger partial charge in [0.25, 0.3) is 0 Å². The van der Waals surface area contributed by atoms with Gasteiger partial charge in [0.15, 0.2) is 0 Å². The summed E-state index contributed by atoms with van der Waals surface area (Å²) in [6.45, 7) is 2.03. The lowest BCUT2D eigenvalue weighted by molar-refractivity contribution is 1.10. The summed E-state index contributed by atoms with van der Waals surface area (Å²) in [5.41, 5.74) is 9.93. The number of rotatable bonds is 1. The van der Waals surface area contributed by atoms with Crippen molar-refractivity contribution in [2.45, 2.75) is 6.92 Å². The van der Waals surface area contributed by atoms with E-state index in [-0.39, 0.29) is 0 Å². The van der Waals surface area contributed by atoms with Crippen molar-refractivity contribution in [1.82, 2.24) is 9.55 Å². The predicted molar refractivity (Wildman–Crippen MR) is 82.9 cm³/mol. The van der Waals surface area contributed by atoms with E-state index >= 15 is 0 Å². The number of benzene rings is 2. The molecule has 1 aromatic heterocycles. The number of hydrogen-bond donors (Lipinski definition) is 1. The highest BCUT2D eigenvalue weighted by Gasteiger charge is 2.12. The minimum Gasteiger partial charge on any atom is -0.369 e. The van der Waals surface area contributed by atoms with Crippen LogP contribution in [0.4, 0.5) is 5.95 Å². The van der Waals surface area contributed by atoms with Crippen LogP contribution in [0.1, 0.15) is 5.56 Å². The zero-order chi connectivity index (χ0) is 13.6. The molecule has 0 aliphatic rings. The molecule has 0 saturated heterocycles. The predicted octanol–water partition coefficient (Wildman–Crippen LogP) is 4.33. The summed E-state index contributed by atoms with van der Waals surface area (Å²) in [6.07, 6.45) is 0. The number of fused-ring (bicyclic) bond motifs is 1. The zero-order valence-corrected chi connectivity index (χ0v) is 12.5. The number of anilines is 1. The number of nitrogens with two attached hydrogens (primary N) is 1. The Morgan fingerprint density at radius 2 is 2.00 bits per heavy atom. The third-order valence-corrected chi connectivity index (χ3v) is 3.89. The first kappa shape index (κ1) is 12.5. The van der Waals surface area contributed by atoms with Crippen LogP contribution in [0.15, 0.2) is 40.9 Å². The normalized spacial score (nSPS) is 11.1. The average Bonchev–Trinajstić information content (AvgIpc) is 2.67. The van der Waals surface area contributed by atoms with Crippen molar-refractivity contribution >= 4 is 44.5 Å². The maximum Gasteiger partial charge on any atom is 0.205 e. The van der Waals surface area contributed by atoms with Gasteiger partial charge in [-0.25, -0.2) is 4.98 Å². The van der Waals surface area contributed by atoms with Crippen LogP contribution in [0.2, 0.25) is 5.02 Å². The van der Waals surface area contributed by atoms with Crippen LogP contribution in [0.5, 0.6) is 0 Å². The third-order valence-electron chi connectivity index (χ3n) is 2.99. The van der Waals surface area contributed by atoms with E-state index in [9.17, 15) is 0 Å². The Balaban J connectivity index is 2.36. The molecule has 0 aliphatic heterocycles. The Bertz CT molecular complexity index is 780. The van der Waals surface area contributed by atoms with Crippen molar-refractivity contribution in [3.05, 3.63) is 51.5 Å². The second kappa shape index (κ2) is 4.54.